The zero-order valence-electron chi connectivity index (χ0n) is 11.9. The molecule has 0 aliphatic heterocycles. The van der Waals surface area contributed by atoms with E-state index in [9.17, 15) is 9.18 Å². The molecule has 1 rings (SSSR count). The second-order valence-electron chi connectivity index (χ2n) is 5.70. The van der Waals surface area contributed by atoms with E-state index in [1.807, 2.05) is 0 Å². The Balaban J connectivity index is 2.62. The van der Waals surface area contributed by atoms with Crippen molar-refractivity contribution in [3.05, 3.63) is 35.1 Å². The maximum Gasteiger partial charge on any atom is 0.251 e. The molecule has 3 nitrogen and oxygen atoms in total. The molecule has 0 bridgehead atoms. The average Bonchev–Trinajstić information content (AvgIpc) is 2.36. The van der Waals surface area contributed by atoms with Crippen LogP contribution in [0, 0.1) is 18.2 Å². The molecule has 1 aromatic carbocycles. The van der Waals surface area contributed by atoms with Crippen LogP contribution in [0.4, 0.5) is 4.39 Å². The van der Waals surface area contributed by atoms with Crippen LogP contribution in [0.1, 0.15) is 42.6 Å². The van der Waals surface area contributed by atoms with Crippen LogP contribution in [0.25, 0.3) is 0 Å². The highest BCUT2D eigenvalue weighted by molar-refractivity contribution is 5.95. The number of benzene rings is 1. The standard InChI is InChI=1S/C15H23FN2O/c1-11-5-6-12(16)9-13(11)14(19)18-10-15(2,3)7-4-8-17/h5-6,9H,4,7-8,10,17H2,1-3H3,(H,18,19). The van der Waals surface area contributed by atoms with Crippen molar-refractivity contribution in [1.82, 2.24) is 5.32 Å². The average molecular weight is 266 g/mol. The van der Waals surface area contributed by atoms with Gasteiger partial charge in [-0.1, -0.05) is 19.9 Å². The van der Waals surface area contributed by atoms with E-state index < -0.39 is 5.82 Å². The quantitative estimate of drug-likeness (QED) is 0.831. The molecule has 19 heavy (non-hydrogen) atoms. The lowest BCUT2D eigenvalue weighted by molar-refractivity contribution is 0.0933. The Morgan fingerprint density at radius 1 is 1.42 bits per heavy atom. The molecule has 0 spiro atoms. The molecule has 1 amide bonds. The van der Waals surface area contributed by atoms with Crippen molar-refractivity contribution < 1.29 is 9.18 Å². The molecular formula is C15H23FN2O. The summed E-state index contributed by atoms with van der Waals surface area (Å²) in [5.74, 6) is -0.615. The number of nitrogens with two attached hydrogens (primary N) is 1. The molecule has 0 saturated heterocycles. The number of hydrogen-bond acceptors (Lipinski definition) is 2. The summed E-state index contributed by atoms with van der Waals surface area (Å²) in [6.07, 6.45) is 1.88. The highest BCUT2D eigenvalue weighted by Gasteiger charge is 2.19. The fourth-order valence-electron chi connectivity index (χ4n) is 1.92. The number of rotatable bonds is 6. The van der Waals surface area contributed by atoms with E-state index in [2.05, 4.69) is 19.2 Å². The summed E-state index contributed by atoms with van der Waals surface area (Å²) in [7, 11) is 0. The van der Waals surface area contributed by atoms with Gasteiger partial charge in [0.15, 0.2) is 0 Å². The Kier molecular flexibility index (Phi) is 5.48. The number of aryl methyl sites for hydroxylation is 1. The lowest BCUT2D eigenvalue weighted by Gasteiger charge is -2.24. The van der Waals surface area contributed by atoms with E-state index in [1.165, 1.54) is 12.1 Å². The molecule has 0 saturated carbocycles. The third kappa shape index (κ3) is 4.99. The van der Waals surface area contributed by atoms with Crippen LogP contribution >= 0.6 is 0 Å². The molecule has 106 valence electrons. The molecule has 0 radical (unpaired) electrons. The van der Waals surface area contributed by atoms with Crippen molar-refractivity contribution in [3.63, 3.8) is 0 Å². The molecule has 0 heterocycles. The number of carbonyl (C=O) groups excluding carboxylic acids is 1. The van der Waals surface area contributed by atoms with Crippen LogP contribution in [0.15, 0.2) is 18.2 Å². The van der Waals surface area contributed by atoms with Gasteiger partial charge in [-0.05, 0) is 49.4 Å². The second-order valence-corrected chi connectivity index (χ2v) is 5.70. The van der Waals surface area contributed by atoms with Gasteiger partial charge >= 0.3 is 0 Å². The third-order valence-electron chi connectivity index (χ3n) is 3.23. The molecule has 0 fully saturated rings. The minimum Gasteiger partial charge on any atom is -0.351 e. The van der Waals surface area contributed by atoms with Crippen LogP contribution < -0.4 is 11.1 Å². The second kappa shape index (κ2) is 6.66. The van der Waals surface area contributed by atoms with E-state index in [1.54, 1.807) is 13.0 Å². The SMILES string of the molecule is Cc1ccc(F)cc1C(=O)NCC(C)(C)CCCN. The van der Waals surface area contributed by atoms with Gasteiger partial charge in [0, 0.05) is 12.1 Å². The number of hydrogen-bond donors (Lipinski definition) is 2. The molecule has 1 aromatic rings. The van der Waals surface area contributed by atoms with Crippen molar-refractivity contribution in [2.75, 3.05) is 13.1 Å². The van der Waals surface area contributed by atoms with Gasteiger partial charge in [0.1, 0.15) is 5.82 Å². The number of halogens is 1. The molecule has 0 aliphatic rings. The molecule has 4 heteroatoms. The van der Waals surface area contributed by atoms with Gasteiger partial charge < -0.3 is 11.1 Å². The molecule has 0 atom stereocenters. The molecule has 0 aromatic heterocycles. The Morgan fingerprint density at radius 2 is 2.11 bits per heavy atom. The lowest BCUT2D eigenvalue weighted by atomic mass is 9.87. The monoisotopic (exact) mass is 266 g/mol. The van der Waals surface area contributed by atoms with E-state index in [0.717, 1.165) is 18.4 Å². The van der Waals surface area contributed by atoms with E-state index >= 15 is 0 Å². The summed E-state index contributed by atoms with van der Waals surface area (Å²) in [6.45, 7) is 7.18. The summed E-state index contributed by atoms with van der Waals surface area (Å²) in [4.78, 5) is 12.0. The first-order chi connectivity index (χ1) is 8.85. The predicted molar refractivity (Wildman–Crippen MR) is 75.5 cm³/mol. The fraction of sp³-hybridized carbons (Fsp3) is 0.533. The summed E-state index contributed by atoms with van der Waals surface area (Å²) in [5, 5.41) is 2.87. The molecule has 0 aliphatic carbocycles. The van der Waals surface area contributed by atoms with E-state index in [-0.39, 0.29) is 11.3 Å². The maximum atomic E-state index is 13.2. The van der Waals surface area contributed by atoms with Crippen molar-refractivity contribution >= 4 is 5.91 Å². The van der Waals surface area contributed by atoms with Gasteiger partial charge in [0.2, 0.25) is 0 Å². The first kappa shape index (κ1) is 15.6. The minimum absolute atomic E-state index is 0.00371. The lowest BCUT2D eigenvalue weighted by Crippen LogP contribution is -2.34. The predicted octanol–water partition coefficient (Wildman–Crippen LogP) is 2.63. The van der Waals surface area contributed by atoms with Gasteiger partial charge in [0.25, 0.3) is 5.91 Å². The van der Waals surface area contributed by atoms with Gasteiger partial charge in [-0.25, -0.2) is 4.39 Å². The summed E-state index contributed by atoms with van der Waals surface area (Å²) in [5.41, 5.74) is 6.66. The first-order valence-electron chi connectivity index (χ1n) is 6.60. The van der Waals surface area contributed by atoms with Crippen LogP contribution in [-0.4, -0.2) is 19.0 Å². The molecule has 3 N–H and O–H groups in total. The van der Waals surface area contributed by atoms with Crippen molar-refractivity contribution in [2.45, 2.75) is 33.6 Å². The Morgan fingerprint density at radius 3 is 2.74 bits per heavy atom. The van der Waals surface area contributed by atoms with E-state index in [4.69, 9.17) is 5.73 Å². The summed E-state index contributed by atoms with van der Waals surface area (Å²) in [6, 6.07) is 4.25. The van der Waals surface area contributed by atoms with Crippen LogP contribution in [-0.2, 0) is 0 Å². The first-order valence-corrected chi connectivity index (χ1v) is 6.60. The largest absolute Gasteiger partial charge is 0.351 e. The highest BCUT2D eigenvalue weighted by atomic mass is 19.1. The maximum absolute atomic E-state index is 13.2. The van der Waals surface area contributed by atoms with Crippen molar-refractivity contribution in [1.29, 1.82) is 0 Å². The third-order valence-corrected chi connectivity index (χ3v) is 3.23. The minimum atomic E-state index is -0.391. The van der Waals surface area contributed by atoms with Crippen LogP contribution in [0.3, 0.4) is 0 Å². The zero-order valence-corrected chi connectivity index (χ0v) is 11.9. The van der Waals surface area contributed by atoms with Gasteiger partial charge in [-0.2, -0.15) is 0 Å². The number of amides is 1. The van der Waals surface area contributed by atoms with E-state index in [0.29, 0.717) is 18.7 Å². The van der Waals surface area contributed by atoms with Crippen molar-refractivity contribution in [2.24, 2.45) is 11.1 Å². The molecule has 0 unspecified atom stereocenters. The summed E-state index contributed by atoms with van der Waals surface area (Å²) >= 11 is 0. The smallest absolute Gasteiger partial charge is 0.251 e. The fourth-order valence-corrected chi connectivity index (χ4v) is 1.92. The van der Waals surface area contributed by atoms with Crippen LogP contribution in [0.5, 0.6) is 0 Å². The van der Waals surface area contributed by atoms with Gasteiger partial charge in [0.05, 0.1) is 0 Å². The normalized spacial score (nSPS) is 11.4. The number of carbonyl (C=O) groups is 1. The Hall–Kier alpha value is -1.42. The molecular weight excluding hydrogens is 243 g/mol. The van der Waals surface area contributed by atoms with Gasteiger partial charge in [-0.15, -0.1) is 0 Å². The van der Waals surface area contributed by atoms with Crippen LogP contribution in [0.2, 0.25) is 0 Å². The highest BCUT2D eigenvalue weighted by Crippen LogP contribution is 2.21. The topological polar surface area (TPSA) is 55.1 Å². The summed E-state index contributed by atoms with van der Waals surface area (Å²) < 4.78 is 13.2. The number of nitrogens with one attached hydrogen (secondary N) is 1. The zero-order chi connectivity index (χ0) is 14.5. The van der Waals surface area contributed by atoms with Gasteiger partial charge in [-0.3, -0.25) is 4.79 Å². The Bertz CT molecular complexity index is 444. The Labute approximate surface area is 114 Å². The van der Waals surface area contributed by atoms with Crippen molar-refractivity contribution in [3.8, 4) is 0 Å².